The van der Waals surface area contributed by atoms with Crippen LogP contribution in [0.25, 0.3) is 0 Å². The fraction of sp³-hybridized carbons (Fsp3) is 0.500. The van der Waals surface area contributed by atoms with Crippen molar-refractivity contribution in [1.82, 2.24) is 5.32 Å². The van der Waals surface area contributed by atoms with Crippen LogP contribution in [0.15, 0.2) is 6.07 Å². The Bertz CT molecular complexity index is 421. The molecule has 1 saturated carbocycles. The van der Waals surface area contributed by atoms with Crippen LogP contribution < -0.4 is 10.1 Å². The zero-order valence-corrected chi connectivity index (χ0v) is 10.4. The van der Waals surface area contributed by atoms with Crippen LogP contribution in [0.2, 0.25) is 5.02 Å². The van der Waals surface area contributed by atoms with Crippen LogP contribution in [0, 0.1) is 5.82 Å². The van der Waals surface area contributed by atoms with Crippen LogP contribution in [0.5, 0.6) is 11.5 Å². The fourth-order valence-corrected chi connectivity index (χ4v) is 1.78. The summed E-state index contributed by atoms with van der Waals surface area (Å²) in [7, 11) is 0. The first-order valence-electron chi connectivity index (χ1n) is 5.69. The quantitative estimate of drug-likeness (QED) is 0.854. The van der Waals surface area contributed by atoms with Crippen molar-refractivity contribution in [1.29, 1.82) is 0 Å². The van der Waals surface area contributed by atoms with Crippen molar-refractivity contribution in [2.45, 2.75) is 32.4 Å². The zero-order valence-electron chi connectivity index (χ0n) is 9.59. The van der Waals surface area contributed by atoms with Crippen molar-refractivity contribution >= 4 is 11.6 Å². The third-order valence-corrected chi connectivity index (χ3v) is 3.05. The standard InChI is InChI=1S/C12H15ClFNO2/c1-2-17-10-5-9(16)11(13)12(14)8(10)6-15-7-3-4-7/h5,7,15-16H,2-4,6H2,1H3. The average molecular weight is 260 g/mol. The second-order valence-electron chi connectivity index (χ2n) is 4.09. The third-order valence-electron chi connectivity index (χ3n) is 2.69. The van der Waals surface area contributed by atoms with Crippen LogP contribution in [-0.4, -0.2) is 17.8 Å². The second-order valence-corrected chi connectivity index (χ2v) is 4.47. The summed E-state index contributed by atoms with van der Waals surface area (Å²) < 4.78 is 19.2. The Morgan fingerprint density at radius 3 is 2.88 bits per heavy atom. The largest absolute Gasteiger partial charge is 0.506 e. The minimum absolute atomic E-state index is 0.249. The number of aromatic hydroxyl groups is 1. The first-order chi connectivity index (χ1) is 8.13. The van der Waals surface area contributed by atoms with E-state index in [1.807, 2.05) is 6.92 Å². The van der Waals surface area contributed by atoms with E-state index in [0.717, 1.165) is 12.8 Å². The Hall–Kier alpha value is -1.00. The zero-order chi connectivity index (χ0) is 12.4. The van der Waals surface area contributed by atoms with Crippen LogP contribution >= 0.6 is 11.6 Å². The van der Waals surface area contributed by atoms with Crippen molar-refractivity contribution in [3.05, 3.63) is 22.5 Å². The molecule has 0 spiro atoms. The number of phenolic OH excluding ortho intramolecular Hbond substituents is 1. The predicted molar refractivity (Wildman–Crippen MR) is 64.1 cm³/mol. The lowest BCUT2D eigenvalue weighted by Gasteiger charge is -2.13. The van der Waals surface area contributed by atoms with Gasteiger partial charge in [-0.25, -0.2) is 4.39 Å². The molecule has 0 heterocycles. The number of halogens is 2. The van der Waals surface area contributed by atoms with Crippen molar-refractivity contribution in [2.75, 3.05) is 6.61 Å². The van der Waals surface area contributed by atoms with Crippen molar-refractivity contribution in [2.24, 2.45) is 0 Å². The lowest BCUT2D eigenvalue weighted by molar-refractivity contribution is 0.329. The highest BCUT2D eigenvalue weighted by molar-refractivity contribution is 6.32. The van der Waals surface area contributed by atoms with Gasteiger partial charge >= 0.3 is 0 Å². The molecular weight excluding hydrogens is 245 g/mol. The van der Waals surface area contributed by atoms with Gasteiger partial charge in [0.15, 0.2) is 5.82 Å². The number of hydrogen-bond donors (Lipinski definition) is 2. The summed E-state index contributed by atoms with van der Waals surface area (Å²) in [5.74, 6) is -0.550. The highest BCUT2D eigenvalue weighted by atomic mass is 35.5. The number of nitrogens with one attached hydrogen (secondary N) is 1. The van der Waals surface area contributed by atoms with E-state index in [0.29, 0.717) is 30.5 Å². The maximum atomic E-state index is 13.9. The summed E-state index contributed by atoms with van der Waals surface area (Å²) in [6.45, 7) is 2.59. The molecule has 94 valence electrons. The van der Waals surface area contributed by atoms with E-state index in [9.17, 15) is 9.50 Å². The van der Waals surface area contributed by atoms with Crippen LogP contribution in [0.1, 0.15) is 25.3 Å². The SMILES string of the molecule is CCOc1cc(O)c(Cl)c(F)c1CNC1CC1. The van der Waals surface area contributed by atoms with E-state index in [1.54, 1.807) is 0 Å². The maximum Gasteiger partial charge on any atom is 0.153 e. The Kier molecular flexibility index (Phi) is 3.74. The molecule has 1 aliphatic rings. The molecule has 2 N–H and O–H groups in total. The molecule has 1 aliphatic carbocycles. The normalized spacial score (nSPS) is 15.0. The molecule has 0 amide bonds. The molecule has 0 radical (unpaired) electrons. The molecule has 2 rings (SSSR count). The van der Waals surface area contributed by atoms with E-state index in [-0.39, 0.29) is 10.8 Å². The minimum atomic E-state index is -0.608. The lowest BCUT2D eigenvalue weighted by atomic mass is 10.1. The Balaban J connectivity index is 2.26. The molecule has 0 aromatic heterocycles. The van der Waals surface area contributed by atoms with Gasteiger partial charge in [0, 0.05) is 24.2 Å². The maximum absolute atomic E-state index is 13.9. The summed E-state index contributed by atoms with van der Waals surface area (Å²) in [4.78, 5) is 0. The van der Waals surface area contributed by atoms with Crippen molar-refractivity contribution in [3.63, 3.8) is 0 Å². The van der Waals surface area contributed by atoms with Gasteiger partial charge in [-0.15, -0.1) is 0 Å². The molecule has 0 unspecified atom stereocenters. The summed E-state index contributed by atoms with van der Waals surface area (Å²) >= 11 is 5.68. The van der Waals surface area contributed by atoms with Crippen LogP contribution in [0.3, 0.4) is 0 Å². The molecule has 0 atom stereocenters. The molecule has 1 aromatic carbocycles. The summed E-state index contributed by atoms with van der Waals surface area (Å²) in [6, 6.07) is 1.83. The van der Waals surface area contributed by atoms with E-state index >= 15 is 0 Å². The first-order valence-corrected chi connectivity index (χ1v) is 6.07. The van der Waals surface area contributed by atoms with E-state index < -0.39 is 5.82 Å². The molecule has 0 aliphatic heterocycles. The molecular formula is C12H15ClFNO2. The molecule has 1 fully saturated rings. The first kappa shape index (κ1) is 12.5. The van der Waals surface area contributed by atoms with Crippen molar-refractivity contribution in [3.8, 4) is 11.5 Å². The van der Waals surface area contributed by atoms with Gasteiger partial charge in [0.05, 0.1) is 6.61 Å². The molecule has 3 nitrogen and oxygen atoms in total. The van der Waals surface area contributed by atoms with Gasteiger partial charge in [0.25, 0.3) is 0 Å². The minimum Gasteiger partial charge on any atom is -0.506 e. The second kappa shape index (κ2) is 5.10. The van der Waals surface area contributed by atoms with Gasteiger partial charge in [-0.05, 0) is 19.8 Å². The molecule has 0 saturated heterocycles. The van der Waals surface area contributed by atoms with Gasteiger partial charge in [0.2, 0.25) is 0 Å². The van der Waals surface area contributed by atoms with E-state index in [4.69, 9.17) is 16.3 Å². The van der Waals surface area contributed by atoms with Gasteiger partial charge in [-0.2, -0.15) is 0 Å². The number of phenols is 1. The van der Waals surface area contributed by atoms with Gasteiger partial charge < -0.3 is 15.2 Å². The summed E-state index contributed by atoms with van der Waals surface area (Å²) in [6.07, 6.45) is 2.24. The Morgan fingerprint density at radius 1 is 1.59 bits per heavy atom. The monoisotopic (exact) mass is 259 g/mol. The van der Waals surface area contributed by atoms with Gasteiger partial charge in [0.1, 0.15) is 16.5 Å². The lowest BCUT2D eigenvalue weighted by Crippen LogP contribution is -2.17. The number of hydrogen-bond acceptors (Lipinski definition) is 3. The van der Waals surface area contributed by atoms with Crippen LogP contribution in [0.4, 0.5) is 4.39 Å². The third kappa shape index (κ3) is 2.82. The Morgan fingerprint density at radius 2 is 2.29 bits per heavy atom. The number of rotatable bonds is 5. The smallest absolute Gasteiger partial charge is 0.153 e. The van der Waals surface area contributed by atoms with Crippen LogP contribution in [-0.2, 0) is 6.54 Å². The number of ether oxygens (including phenoxy) is 1. The van der Waals surface area contributed by atoms with Gasteiger partial charge in [-0.1, -0.05) is 11.6 Å². The fourth-order valence-electron chi connectivity index (χ4n) is 1.61. The van der Waals surface area contributed by atoms with E-state index in [2.05, 4.69) is 5.32 Å². The number of benzene rings is 1. The molecule has 5 heteroatoms. The Labute approximate surface area is 105 Å². The predicted octanol–water partition coefficient (Wildman–Crippen LogP) is 2.84. The average Bonchev–Trinajstić information content (AvgIpc) is 3.10. The highest BCUT2D eigenvalue weighted by Crippen LogP contribution is 2.35. The summed E-state index contributed by atoms with van der Waals surface area (Å²) in [5.41, 5.74) is 0.376. The highest BCUT2D eigenvalue weighted by Gasteiger charge is 2.23. The van der Waals surface area contributed by atoms with E-state index in [1.165, 1.54) is 6.07 Å². The molecule has 0 bridgehead atoms. The summed E-state index contributed by atoms with van der Waals surface area (Å²) in [5, 5.41) is 12.4. The van der Waals surface area contributed by atoms with Crippen molar-refractivity contribution < 1.29 is 14.2 Å². The molecule has 1 aromatic rings. The topological polar surface area (TPSA) is 41.5 Å². The molecule has 17 heavy (non-hydrogen) atoms. The van der Waals surface area contributed by atoms with Gasteiger partial charge in [-0.3, -0.25) is 0 Å².